The highest BCUT2D eigenvalue weighted by Gasteiger charge is 2.37. The molecule has 2 aliphatic rings. The Balaban J connectivity index is 1.21. The largest absolute Gasteiger partial charge is 0.456 e. The molecule has 0 saturated heterocycles. The third kappa shape index (κ3) is 4.02. The Bertz CT molecular complexity index is 2560. The summed E-state index contributed by atoms with van der Waals surface area (Å²) in [4.78, 5) is 2.46. The van der Waals surface area contributed by atoms with E-state index in [0.29, 0.717) is 0 Å². The normalized spacial score (nSPS) is 14.7. The lowest BCUT2D eigenvalue weighted by molar-refractivity contribution is 0.660. The quantitative estimate of drug-likeness (QED) is 0.190. The number of benzene rings is 7. The average molecular weight is 644 g/mol. The minimum absolute atomic E-state index is 0.0575. The molecule has 50 heavy (non-hydrogen) atoms. The topological polar surface area (TPSA) is 16.4 Å². The monoisotopic (exact) mass is 643 g/mol. The maximum atomic E-state index is 6.38. The van der Waals surface area contributed by atoms with Gasteiger partial charge in [-0.1, -0.05) is 131 Å². The highest BCUT2D eigenvalue weighted by atomic mass is 16.3. The number of hydrogen-bond acceptors (Lipinski definition) is 2. The third-order valence-corrected chi connectivity index (χ3v) is 11.5. The van der Waals surface area contributed by atoms with Crippen LogP contribution < -0.4 is 4.90 Å². The van der Waals surface area contributed by atoms with Gasteiger partial charge in [-0.3, -0.25) is 0 Å². The molecule has 0 amide bonds. The lowest BCUT2D eigenvalue weighted by atomic mass is 9.82. The van der Waals surface area contributed by atoms with Crippen molar-refractivity contribution in [3.8, 4) is 33.4 Å². The molecule has 0 N–H and O–H groups in total. The van der Waals surface area contributed by atoms with Crippen LogP contribution in [0.1, 0.15) is 49.9 Å². The molecule has 0 radical (unpaired) electrons. The van der Waals surface area contributed by atoms with Gasteiger partial charge in [0.15, 0.2) is 0 Å². The zero-order valence-corrected chi connectivity index (χ0v) is 28.8. The van der Waals surface area contributed by atoms with Gasteiger partial charge in [-0.15, -0.1) is 0 Å². The Kier molecular flexibility index (Phi) is 6.01. The van der Waals surface area contributed by atoms with Gasteiger partial charge in [-0.2, -0.15) is 0 Å². The lowest BCUT2D eigenvalue weighted by Gasteiger charge is -2.30. The first-order valence-corrected chi connectivity index (χ1v) is 17.6. The van der Waals surface area contributed by atoms with Gasteiger partial charge in [0.25, 0.3) is 0 Å². The fourth-order valence-corrected chi connectivity index (χ4v) is 8.93. The number of para-hydroxylation sites is 2. The van der Waals surface area contributed by atoms with Gasteiger partial charge < -0.3 is 9.32 Å². The molecular formula is C48H37NO. The summed E-state index contributed by atoms with van der Waals surface area (Å²) in [5, 5.41) is 2.28. The van der Waals surface area contributed by atoms with E-state index in [1.54, 1.807) is 0 Å². The summed E-state index contributed by atoms with van der Waals surface area (Å²) in [5.74, 6) is 0. The second-order valence-electron chi connectivity index (χ2n) is 15.0. The minimum Gasteiger partial charge on any atom is -0.456 e. The van der Waals surface area contributed by atoms with Crippen molar-refractivity contribution in [2.75, 3.05) is 4.90 Å². The van der Waals surface area contributed by atoms with Crippen LogP contribution in [0.3, 0.4) is 0 Å². The van der Waals surface area contributed by atoms with Crippen molar-refractivity contribution in [1.82, 2.24) is 0 Å². The second kappa shape index (κ2) is 10.3. The fourth-order valence-electron chi connectivity index (χ4n) is 8.93. The van der Waals surface area contributed by atoms with Gasteiger partial charge in [0.2, 0.25) is 0 Å². The molecule has 0 spiro atoms. The molecule has 0 bridgehead atoms. The molecule has 2 aliphatic carbocycles. The average Bonchev–Trinajstić information content (AvgIpc) is 3.71. The highest BCUT2D eigenvalue weighted by Crippen LogP contribution is 2.53. The summed E-state index contributed by atoms with van der Waals surface area (Å²) >= 11 is 0. The number of anilines is 3. The molecule has 0 unspecified atom stereocenters. The van der Waals surface area contributed by atoms with Gasteiger partial charge in [0.05, 0.1) is 5.69 Å². The van der Waals surface area contributed by atoms with E-state index in [0.717, 1.165) is 50.1 Å². The van der Waals surface area contributed by atoms with Crippen molar-refractivity contribution in [2.24, 2.45) is 0 Å². The highest BCUT2D eigenvalue weighted by molar-refractivity contribution is 6.06. The standard InChI is InChI=1S/C48H37NO/c1-47(2)40-17-9-5-14-34(40)38-28-31(22-25-42(38)47)49(32-23-26-43-39(29-32)35-15-6-10-18-41(35)48(43,3)4)44-19-11-7-13-33(44)30-21-24-37-36-16-8-12-20-45(36)50-46(37)27-30/h5-29H,1-4H3. The van der Waals surface area contributed by atoms with Crippen LogP contribution in [0.4, 0.5) is 17.1 Å². The molecule has 2 heteroatoms. The summed E-state index contributed by atoms with van der Waals surface area (Å²) in [6.45, 7) is 9.38. The van der Waals surface area contributed by atoms with Crippen LogP contribution in [0.5, 0.6) is 0 Å². The number of nitrogens with zero attached hydrogens (tertiary/aromatic N) is 1. The smallest absolute Gasteiger partial charge is 0.136 e. The maximum Gasteiger partial charge on any atom is 0.136 e. The predicted molar refractivity (Wildman–Crippen MR) is 209 cm³/mol. The summed E-state index contributed by atoms with van der Waals surface area (Å²) in [7, 11) is 0. The fraction of sp³-hybridized carbons (Fsp3) is 0.125. The van der Waals surface area contributed by atoms with Crippen LogP contribution in [0.25, 0.3) is 55.3 Å². The number of hydrogen-bond donors (Lipinski definition) is 0. The first-order chi connectivity index (χ1) is 24.3. The molecule has 2 nitrogen and oxygen atoms in total. The van der Waals surface area contributed by atoms with Gasteiger partial charge >= 0.3 is 0 Å². The summed E-state index contributed by atoms with van der Waals surface area (Å²) in [6.07, 6.45) is 0. The van der Waals surface area contributed by atoms with Crippen molar-refractivity contribution < 1.29 is 4.42 Å². The molecule has 0 fully saturated rings. The van der Waals surface area contributed by atoms with Crippen LogP contribution in [-0.4, -0.2) is 0 Å². The first kappa shape index (κ1) is 29.1. The van der Waals surface area contributed by atoms with Gasteiger partial charge in [-0.25, -0.2) is 0 Å². The molecular weight excluding hydrogens is 607 g/mol. The third-order valence-electron chi connectivity index (χ3n) is 11.5. The van der Waals surface area contributed by atoms with E-state index in [4.69, 9.17) is 4.42 Å². The van der Waals surface area contributed by atoms with E-state index in [9.17, 15) is 0 Å². The number of rotatable bonds is 4. The van der Waals surface area contributed by atoms with Crippen molar-refractivity contribution in [1.29, 1.82) is 0 Å². The summed E-state index contributed by atoms with van der Waals surface area (Å²) < 4.78 is 6.38. The molecule has 7 aromatic carbocycles. The van der Waals surface area contributed by atoms with E-state index in [1.165, 1.54) is 44.5 Å². The van der Waals surface area contributed by atoms with Gasteiger partial charge in [0, 0.05) is 38.5 Å². The van der Waals surface area contributed by atoms with Crippen molar-refractivity contribution >= 4 is 39.0 Å². The van der Waals surface area contributed by atoms with Crippen LogP contribution in [0.2, 0.25) is 0 Å². The van der Waals surface area contributed by atoms with Crippen molar-refractivity contribution in [3.05, 3.63) is 174 Å². The number of furan rings is 1. The summed E-state index contributed by atoms with van der Waals surface area (Å²) in [5.41, 5.74) is 18.1. The Morgan fingerprint density at radius 2 is 0.900 bits per heavy atom. The van der Waals surface area contributed by atoms with E-state index in [1.807, 2.05) is 12.1 Å². The molecule has 1 aromatic heterocycles. The Hall–Kier alpha value is -5.86. The van der Waals surface area contributed by atoms with Crippen molar-refractivity contribution in [2.45, 2.75) is 38.5 Å². The lowest BCUT2D eigenvalue weighted by Crippen LogP contribution is -2.16. The minimum atomic E-state index is -0.0575. The molecule has 10 rings (SSSR count). The summed E-state index contributed by atoms with van der Waals surface area (Å²) in [6, 6.07) is 55.7. The molecule has 240 valence electrons. The van der Waals surface area contributed by atoms with Crippen LogP contribution >= 0.6 is 0 Å². The second-order valence-corrected chi connectivity index (χ2v) is 15.0. The van der Waals surface area contributed by atoms with Crippen LogP contribution in [0.15, 0.2) is 156 Å². The molecule has 8 aromatic rings. The van der Waals surface area contributed by atoms with Gasteiger partial charge in [0.1, 0.15) is 11.2 Å². The maximum absolute atomic E-state index is 6.38. The van der Waals surface area contributed by atoms with Crippen LogP contribution in [-0.2, 0) is 10.8 Å². The molecule has 1 heterocycles. The molecule has 0 saturated carbocycles. The van der Waals surface area contributed by atoms with E-state index in [-0.39, 0.29) is 10.8 Å². The van der Waals surface area contributed by atoms with E-state index >= 15 is 0 Å². The Morgan fingerprint density at radius 1 is 0.400 bits per heavy atom. The predicted octanol–water partition coefficient (Wildman–Crippen LogP) is 13.3. The van der Waals surface area contributed by atoms with E-state index < -0.39 is 0 Å². The molecule has 0 aliphatic heterocycles. The Morgan fingerprint density at radius 3 is 1.54 bits per heavy atom. The Labute approximate surface area is 293 Å². The number of fused-ring (bicyclic) bond motifs is 9. The molecule has 0 atom stereocenters. The zero-order valence-electron chi connectivity index (χ0n) is 28.8. The van der Waals surface area contributed by atoms with Crippen LogP contribution in [0, 0.1) is 0 Å². The van der Waals surface area contributed by atoms with Crippen molar-refractivity contribution in [3.63, 3.8) is 0 Å². The van der Waals surface area contributed by atoms with Gasteiger partial charge in [-0.05, 0) is 98.6 Å². The van der Waals surface area contributed by atoms with E-state index in [2.05, 4.69) is 172 Å². The SMILES string of the molecule is CC1(C)c2ccccc2-c2cc(N(c3ccc4c(c3)-c3ccccc3C4(C)C)c3ccccc3-c3ccc4c(c3)oc3ccccc34)ccc21. The zero-order chi connectivity index (χ0) is 33.8. The first-order valence-electron chi connectivity index (χ1n) is 17.6.